The van der Waals surface area contributed by atoms with Crippen LogP contribution in [0.1, 0.15) is 309 Å². The Morgan fingerprint density at radius 3 is 1.15 bits per heavy atom. The fourth-order valence-electron chi connectivity index (χ4n) is 10.4. The predicted octanol–water partition coefficient (Wildman–Crippen LogP) is 13.9. The van der Waals surface area contributed by atoms with Crippen LogP contribution in [0.2, 0.25) is 0 Å². The van der Waals surface area contributed by atoms with E-state index in [9.17, 15) is 40.5 Å². The van der Waals surface area contributed by atoms with Gasteiger partial charge in [-0.1, -0.05) is 283 Å². The Bertz CT molecular complexity index is 1190. The van der Waals surface area contributed by atoms with E-state index >= 15 is 0 Å². The second kappa shape index (κ2) is 51.6. The van der Waals surface area contributed by atoms with E-state index in [4.69, 9.17) is 9.47 Å². The standard InChI is InChI=1S/C62H121NO10/c1-3-5-7-9-11-13-15-17-19-21-23-24-25-26-27-28-29-30-32-33-35-37-39-41-43-45-47-49-54(65)57(67)53(52-72-62-60(70)59(69)58(68)56(51-64)73-62)63-61(71)55(66)50-48-46-44-42-40-38-36-34-31-22-20-18-16-14-12-10-8-6-4-2/h31,34,53-60,62,64-70H,3-30,32-33,35-52H2,1-2H3,(H,63,71)/b34-31-. The van der Waals surface area contributed by atoms with Crippen molar-refractivity contribution in [2.75, 3.05) is 13.2 Å². The molecule has 0 aromatic heterocycles. The molecule has 0 saturated carbocycles. The zero-order chi connectivity index (χ0) is 53.3. The Hall–Kier alpha value is -1.15. The summed E-state index contributed by atoms with van der Waals surface area (Å²) in [5.41, 5.74) is 0. The molecule has 1 aliphatic heterocycles. The van der Waals surface area contributed by atoms with E-state index in [0.717, 1.165) is 51.4 Å². The van der Waals surface area contributed by atoms with Crippen molar-refractivity contribution in [3.8, 4) is 0 Å². The molecule has 434 valence electrons. The maximum atomic E-state index is 13.2. The van der Waals surface area contributed by atoms with Crippen molar-refractivity contribution in [3.05, 3.63) is 12.2 Å². The van der Waals surface area contributed by atoms with Crippen LogP contribution in [-0.2, 0) is 14.3 Å². The molecule has 8 N–H and O–H groups in total. The van der Waals surface area contributed by atoms with E-state index in [-0.39, 0.29) is 6.42 Å². The third-order valence-electron chi connectivity index (χ3n) is 15.6. The fraction of sp³-hybridized carbons (Fsp3) is 0.952. The summed E-state index contributed by atoms with van der Waals surface area (Å²) in [6, 6.07) is -1.17. The lowest BCUT2D eigenvalue weighted by Gasteiger charge is -2.40. The van der Waals surface area contributed by atoms with Gasteiger partial charge in [-0.15, -0.1) is 0 Å². The number of aliphatic hydroxyl groups is 7. The molecule has 9 atom stereocenters. The van der Waals surface area contributed by atoms with Gasteiger partial charge in [-0.25, -0.2) is 0 Å². The summed E-state index contributed by atoms with van der Waals surface area (Å²) in [5, 5.41) is 76.3. The zero-order valence-corrected chi connectivity index (χ0v) is 47.6. The van der Waals surface area contributed by atoms with Crippen LogP contribution < -0.4 is 5.32 Å². The summed E-state index contributed by atoms with van der Waals surface area (Å²) in [5.74, 6) is -0.696. The number of unbranched alkanes of at least 4 members (excludes halogenated alkanes) is 41. The fourth-order valence-corrected chi connectivity index (χ4v) is 10.4. The summed E-state index contributed by atoms with van der Waals surface area (Å²) in [4.78, 5) is 13.2. The lowest BCUT2D eigenvalue weighted by atomic mass is 9.98. The van der Waals surface area contributed by atoms with E-state index in [1.807, 2.05) is 0 Å². The number of nitrogens with one attached hydrogen (secondary N) is 1. The topological polar surface area (TPSA) is 189 Å². The van der Waals surface area contributed by atoms with E-state index in [0.29, 0.717) is 19.3 Å². The van der Waals surface area contributed by atoms with E-state index in [1.54, 1.807) is 0 Å². The van der Waals surface area contributed by atoms with Crippen molar-refractivity contribution in [2.45, 2.75) is 364 Å². The first kappa shape index (κ1) is 69.9. The van der Waals surface area contributed by atoms with Gasteiger partial charge in [-0.3, -0.25) is 4.79 Å². The highest BCUT2D eigenvalue weighted by molar-refractivity contribution is 5.80. The number of carbonyl (C=O) groups excluding carboxylic acids is 1. The molecule has 1 rings (SSSR count). The molecular weight excluding hydrogens is 919 g/mol. The first-order chi connectivity index (χ1) is 35.7. The molecule has 1 saturated heterocycles. The van der Waals surface area contributed by atoms with E-state index in [1.165, 1.54) is 218 Å². The molecule has 1 heterocycles. The van der Waals surface area contributed by atoms with Gasteiger partial charge in [-0.05, 0) is 38.5 Å². The first-order valence-electron chi connectivity index (χ1n) is 31.6. The molecule has 1 amide bonds. The molecule has 0 aliphatic carbocycles. The minimum atomic E-state index is -1.66. The first-order valence-corrected chi connectivity index (χ1v) is 31.6. The van der Waals surface area contributed by atoms with Crippen molar-refractivity contribution in [1.29, 1.82) is 0 Å². The number of hydrogen-bond donors (Lipinski definition) is 8. The SMILES string of the molecule is CCCCCCCCCCC/C=C\CCCCCCCCC(O)C(=O)NC(COC1OC(CO)C(O)C(O)C1O)C(O)C(O)CCCCCCCCCCCCCCCCCCCCCCCCCCCCC. The smallest absolute Gasteiger partial charge is 0.249 e. The van der Waals surface area contributed by atoms with Crippen molar-refractivity contribution >= 4 is 5.91 Å². The quantitative estimate of drug-likeness (QED) is 0.0215. The summed E-state index contributed by atoms with van der Waals surface area (Å²) in [6.45, 7) is 3.50. The number of amides is 1. The van der Waals surface area contributed by atoms with E-state index in [2.05, 4.69) is 31.3 Å². The Morgan fingerprint density at radius 2 is 0.795 bits per heavy atom. The summed E-state index contributed by atoms with van der Waals surface area (Å²) < 4.78 is 11.2. The largest absolute Gasteiger partial charge is 0.394 e. The zero-order valence-electron chi connectivity index (χ0n) is 47.6. The van der Waals surface area contributed by atoms with E-state index < -0.39 is 74.2 Å². The highest BCUT2D eigenvalue weighted by atomic mass is 16.7. The number of allylic oxidation sites excluding steroid dienone is 2. The molecule has 0 aromatic rings. The number of ether oxygens (including phenoxy) is 2. The predicted molar refractivity (Wildman–Crippen MR) is 303 cm³/mol. The minimum absolute atomic E-state index is 0.256. The second-order valence-electron chi connectivity index (χ2n) is 22.5. The number of carbonyl (C=O) groups is 1. The van der Waals surface area contributed by atoms with Crippen LogP contribution in [0, 0.1) is 0 Å². The average molecular weight is 1040 g/mol. The Morgan fingerprint density at radius 1 is 0.466 bits per heavy atom. The van der Waals surface area contributed by atoms with Crippen LogP contribution in [0.25, 0.3) is 0 Å². The summed E-state index contributed by atoms with van der Waals surface area (Å²) in [6.07, 6.45) is 49.9. The van der Waals surface area contributed by atoms with Gasteiger partial charge in [0, 0.05) is 0 Å². The van der Waals surface area contributed by atoms with Gasteiger partial charge in [0.15, 0.2) is 6.29 Å². The van der Waals surface area contributed by atoms with Gasteiger partial charge < -0.3 is 50.5 Å². The van der Waals surface area contributed by atoms with Gasteiger partial charge in [0.1, 0.15) is 36.6 Å². The highest BCUT2D eigenvalue weighted by Gasteiger charge is 2.44. The van der Waals surface area contributed by atoms with Crippen LogP contribution in [0.4, 0.5) is 0 Å². The van der Waals surface area contributed by atoms with Crippen molar-refractivity contribution in [3.63, 3.8) is 0 Å². The molecule has 0 radical (unpaired) electrons. The van der Waals surface area contributed by atoms with Gasteiger partial charge in [0.2, 0.25) is 5.91 Å². The van der Waals surface area contributed by atoms with Crippen molar-refractivity contribution < 1.29 is 50.0 Å². The normalized spacial score (nSPS) is 19.9. The highest BCUT2D eigenvalue weighted by Crippen LogP contribution is 2.24. The molecular formula is C62H121NO10. The Kier molecular flexibility index (Phi) is 49.4. The monoisotopic (exact) mass is 1040 g/mol. The van der Waals surface area contributed by atoms with Crippen LogP contribution in [0.15, 0.2) is 12.2 Å². The molecule has 11 heteroatoms. The number of rotatable bonds is 55. The van der Waals surface area contributed by atoms with Gasteiger partial charge in [0.25, 0.3) is 0 Å². The van der Waals surface area contributed by atoms with Crippen molar-refractivity contribution in [2.24, 2.45) is 0 Å². The molecule has 0 spiro atoms. The third-order valence-corrected chi connectivity index (χ3v) is 15.6. The van der Waals surface area contributed by atoms with Crippen LogP contribution in [0.5, 0.6) is 0 Å². The van der Waals surface area contributed by atoms with Gasteiger partial charge in [-0.2, -0.15) is 0 Å². The summed E-state index contributed by atoms with van der Waals surface area (Å²) >= 11 is 0. The Balaban J connectivity index is 2.25. The van der Waals surface area contributed by atoms with Crippen LogP contribution >= 0.6 is 0 Å². The molecule has 73 heavy (non-hydrogen) atoms. The molecule has 1 aliphatic rings. The lowest BCUT2D eigenvalue weighted by molar-refractivity contribution is -0.303. The van der Waals surface area contributed by atoms with Crippen LogP contribution in [-0.4, -0.2) is 110 Å². The lowest BCUT2D eigenvalue weighted by Crippen LogP contribution is -2.60. The molecule has 11 nitrogen and oxygen atoms in total. The second-order valence-corrected chi connectivity index (χ2v) is 22.5. The van der Waals surface area contributed by atoms with Gasteiger partial charge in [0.05, 0.1) is 25.4 Å². The Labute approximate surface area is 449 Å². The maximum Gasteiger partial charge on any atom is 0.249 e. The minimum Gasteiger partial charge on any atom is -0.394 e. The van der Waals surface area contributed by atoms with Crippen molar-refractivity contribution in [1.82, 2.24) is 5.32 Å². The van der Waals surface area contributed by atoms with Gasteiger partial charge >= 0.3 is 0 Å². The van der Waals surface area contributed by atoms with Crippen LogP contribution in [0.3, 0.4) is 0 Å². The molecule has 9 unspecified atom stereocenters. The molecule has 0 bridgehead atoms. The maximum absolute atomic E-state index is 13.2. The molecule has 1 fully saturated rings. The average Bonchev–Trinajstić information content (AvgIpc) is 3.39. The number of hydrogen-bond acceptors (Lipinski definition) is 10. The molecule has 0 aromatic carbocycles. The summed E-state index contributed by atoms with van der Waals surface area (Å²) in [7, 11) is 0. The number of aliphatic hydroxyl groups excluding tert-OH is 7. The third kappa shape index (κ3) is 39.8.